The average Bonchev–Trinajstić information content (AvgIpc) is 2.31. The quantitative estimate of drug-likeness (QED) is 0.772. The zero-order valence-corrected chi connectivity index (χ0v) is 10.4. The Morgan fingerprint density at radius 2 is 2.00 bits per heavy atom. The van der Waals surface area contributed by atoms with Crippen molar-refractivity contribution in [3.8, 4) is 0 Å². The normalized spacial score (nSPS) is 17.8. The van der Waals surface area contributed by atoms with Gasteiger partial charge >= 0.3 is 0 Å². The van der Waals surface area contributed by atoms with Gasteiger partial charge in [-0.15, -0.1) is 0 Å². The molecule has 1 aromatic carbocycles. The Morgan fingerprint density at radius 3 is 2.69 bits per heavy atom. The predicted octanol–water partition coefficient (Wildman–Crippen LogP) is 3.23. The van der Waals surface area contributed by atoms with E-state index in [4.69, 9.17) is 0 Å². The fraction of sp³-hybridized carbons (Fsp3) is 0.500. The molecule has 1 aliphatic carbocycles. The molecule has 0 saturated heterocycles. The molecule has 2 nitrogen and oxygen atoms in total. The van der Waals surface area contributed by atoms with E-state index in [2.05, 4.69) is 23.5 Å². The van der Waals surface area contributed by atoms with E-state index in [0.29, 0.717) is 0 Å². The van der Waals surface area contributed by atoms with Crippen LogP contribution >= 0.6 is 0 Å². The molecule has 0 bridgehead atoms. The number of amides is 1. The molecule has 1 atom stereocenters. The molecule has 1 N–H and O–H groups in total. The summed E-state index contributed by atoms with van der Waals surface area (Å²) in [5.74, 6) is 0.0618. The number of carbonyl (C=O) groups is 1. The Labute approximate surface area is 98.1 Å². The van der Waals surface area contributed by atoms with Crippen LogP contribution in [0.25, 0.3) is 0 Å². The molecule has 0 saturated carbocycles. The van der Waals surface area contributed by atoms with Gasteiger partial charge in [0.1, 0.15) is 0 Å². The topological polar surface area (TPSA) is 29.1 Å². The van der Waals surface area contributed by atoms with Gasteiger partial charge in [-0.25, -0.2) is 0 Å². The lowest BCUT2D eigenvalue weighted by Crippen LogP contribution is -2.28. The molecule has 0 heterocycles. The molecule has 1 aliphatic rings. The van der Waals surface area contributed by atoms with Gasteiger partial charge in [-0.3, -0.25) is 4.79 Å². The second-order valence-electron chi connectivity index (χ2n) is 3.84. The molecule has 1 unspecified atom stereocenters. The number of hydrogen-bond acceptors (Lipinski definition) is 1. The number of hydrogen-bond donors (Lipinski definition) is 1. The van der Waals surface area contributed by atoms with Gasteiger partial charge in [0.05, 0.1) is 6.04 Å². The second kappa shape index (κ2) is 6.31. The molecule has 2 rings (SSSR count). The van der Waals surface area contributed by atoms with Gasteiger partial charge in [-0.05, 0) is 30.4 Å². The highest BCUT2D eigenvalue weighted by Crippen LogP contribution is 2.29. The van der Waals surface area contributed by atoms with Crippen LogP contribution in [-0.4, -0.2) is 5.91 Å². The smallest absolute Gasteiger partial charge is 0.217 e. The van der Waals surface area contributed by atoms with Crippen LogP contribution in [0.2, 0.25) is 0 Å². The van der Waals surface area contributed by atoms with Gasteiger partial charge in [0.2, 0.25) is 5.91 Å². The lowest BCUT2D eigenvalue weighted by Gasteiger charge is -2.25. The van der Waals surface area contributed by atoms with Gasteiger partial charge in [0.15, 0.2) is 0 Å². The van der Waals surface area contributed by atoms with Crippen molar-refractivity contribution in [3.63, 3.8) is 0 Å². The minimum Gasteiger partial charge on any atom is -0.350 e. The highest BCUT2D eigenvalue weighted by Gasteiger charge is 2.19. The standard InChI is InChI=1S/C12H15NO.C2H6/c1-9(14)13-12-8-4-6-10-5-2-3-7-11(10)12;1-2/h2-3,5,7,12H,4,6,8H2,1H3,(H,13,14);1-2H3. The van der Waals surface area contributed by atoms with Crippen molar-refractivity contribution in [1.29, 1.82) is 0 Å². The molecular weight excluding hydrogens is 198 g/mol. The number of rotatable bonds is 1. The van der Waals surface area contributed by atoms with Gasteiger partial charge in [-0.2, -0.15) is 0 Å². The first-order chi connectivity index (χ1) is 7.77. The Bertz CT molecular complexity index is 346. The number of aryl methyl sites for hydroxylation is 1. The monoisotopic (exact) mass is 219 g/mol. The molecule has 0 aliphatic heterocycles. The van der Waals surface area contributed by atoms with E-state index < -0.39 is 0 Å². The van der Waals surface area contributed by atoms with Crippen LogP contribution in [0.15, 0.2) is 24.3 Å². The van der Waals surface area contributed by atoms with Crippen molar-refractivity contribution in [2.24, 2.45) is 0 Å². The second-order valence-corrected chi connectivity index (χ2v) is 3.84. The summed E-state index contributed by atoms with van der Waals surface area (Å²) in [4.78, 5) is 11.0. The van der Waals surface area contributed by atoms with E-state index in [1.807, 2.05) is 19.9 Å². The van der Waals surface area contributed by atoms with Crippen LogP contribution in [0.1, 0.15) is 50.8 Å². The van der Waals surface area contributed by atoms with Gasteiger partial charge in [0, 0.05) is 6.92 Å². The third kappa shape index (κ3) is 3.09. The summed E-state index contributed by atoms with van der Waals surface area (Å²) in [6.07, 6.45) is 3.38. The first-order valence-electron chi connectivity index (χ1n) is 6.12. The zero-order chi connectivity index (χ0) is 12.0. The average molecular weight is 219 g/mol. The van der Waals surface area contributed by atoms with Gasteiger partial charge in [0.25, 0.3) is 0 Å². The molecule has 1 aromatic rings. The molecule has 0 aromatic heterocycles. The molecule has 2 heteroatoms. The summed E-state index contributed by atoms with van der Waals surface area (Å²) in [5.41, 5.74) is 2.69. The largest absolute Gasteiger partial charge is 0.350 e. The highest BCUT2D eigenvalue weighted by molar-refractivity contribution is 5.73. The molecule has 0 radical (unpaired) electrons. The van der Waals surface area contributed by atoms with Crippen LogP contribution in [0.3, 0.4) is 0 Å². The van der Waals surface area contributed by atoms with Crippen molar-refractivity contribution in [2.45, 2.75) is 46.1 Å². The van der Waals surface area contributed by atoms with E-state index >= 15 is 0 Å². The Morgan fingerprint density at radius 1 is 1.31 bits per heavy atom. The molecule has 88 valence electrons. The van der Waals surface area contributed by atoms with E-state index in [1.54, 1.807) is 6.92 Å². The molecule has 1 amide bonds. The van der Waals surface area contributed by atoms with E-state index in [0.717, 1.165) is 12.8 Å². The van der Waals surface area contributed by atoms with Gasteiger partial charge in [-0.1, -0.05) is 38.1 Å². The van der Waals surface area contributed by atoms with Gasteiger partial charge < -0.3 is 5.32 Å². The summed E-state index contributed by atoms with van der Waals surface area (Å²) in [6, 6.07) is 8.62. The maximum absolute atomic E-state index is 11.0. The molecule has 0 fully saturated rings. The third-order valence-corrected chi connectivity index (χ3v) is 2.75. The third-order valence-electron chi connectivity index (χ3n) is 2.75. The Balaban J connectivity index is 0.000000606. The van der Waals surface area contributed by atoms with Crippen molar-refractivity contribution < 1.29 is 4.79 Å². The SMILES string of the molecule is CC.CC(=O)NC1CCCc2ccccc21. The zero-order valence-electron chi connectivity index (χ0n) is 10.4. The van der Waals surface area contributed by atoms with E-state index in [-0.39, 0.29) is 11.9 Å². The first kappa shape index (κ1) is 12.8. The summed E-state index contributed by atoms with van der Waals surface area (Å²) in [7, 11) is 0. The number of fused-ring (bicyclic) bond motifs is 1. The Hall–Kier alpha value is -1.31. The van der Waals surface area contributed by atoms with E-state index in [1.165, 1.54) is 17.5 Å². The highest BCUT2D eigenvalue weighted by atomic mass is 16.1. The predicted molar refractivity (Wildman–Crippen MR) is 67.3 cm³/mol. The molecular formula is C14H21NO. The van der Waals surface area contributed by atoms with Crippen molar-refractivity contribution in [3.05, 3.63) is 35.4 Å². The minimum atomic E-state index is 0.0618. The first-order valence-corrected chi connectivity index (χ1v) is 6.12. The maximum Gasteiger partial charge on any atom is 0.217 e. The van der Waals surface area contributed by atoms with Crippen LogP contribution in [-0.2, 0) is 11.2 Å². The molecule has 16 heavy (non-hydrogen) atoms. The summed E-state index contributed by atoms with van der Waals surface area (Å²) in [6.45, 7) is 5.58. The van der Waals surface area contributed by atoms with E-state index in [9.17, 15) is 4.79 Å². The lowest BCUT2D eigenvalue weighted by atomic mass is 9.88. The van der Waals surface area contributed by atoms with Crippen LogP contribution in [0.4, 0.5) is 0 Å². The van der Waals surface area contributed by atoms with Crippen molar-refractivity contribution in [2.75, 3.05) is 0 Å². The minimum absolute atomic E-state index is 0.0618. The summed E-state index contributed by atoms with van der Waals surface area (Å²) >= 11 is 0. The van der Waals surface area contributed by atoms with Crippen LogP contribution < -0.4 is 5.32 Å². The summed E-state index contributed by atoms with van der Waals surface area (Å²) < 4.78 is 0. The van der Waals surface area contributed by atoms with Crippen LogP contribution in [0.5, 0.6) is 0 Å². The fourth-order valence-electron chi connectivity index (χ4n) is 2.15. The lowest BCUT2D eigenvalue weighted by molar-refractivity contribution is -0.119. The van der Waals surface area contributed by atoms with Crippen molar-refractivity contribution >= 4 is 5.91 Å². The summed E-state index contributed by atoms with van der Waals surface area (Å²) in [5, 5.41) is 3.00. The Kier molecular flexibility index (Phi) is 5.03. The number of carbonyl (C=O) groups excluding carboxylic acids is 1. The maximum atomic E-state index is 11.0. The van der Waals surface area contributed by atoms with Crippen molar-refractivity contribution in [1.82, 2.24) is 5.32 Å². The number of nitrogens with one attached hydrogen (secondary N) is 1. The number of benzene rings is 1. The van der Waals surface area contributed by atoms with Crippen LogP contribution in [0, 0.1) is 0 Å². The fourth-order valence-corrected chi connectivity index (χ4v) is 2.15. The molecule has 0 spiro atoms.